The highest BCUT2D eigenvalue weighted by Crippen LogP contribution is 2.22. The van der Waals surface area contributed by atoms with Crippen molar-refractivity contribution < 1.29 is 4.79 Å². The topological polar surface area (TPSA) is 61.4 Å². The molecule has 6 heteroatoms. The summed E-state index contributed by atoms with van der Waals surface area (Å²) in [7, 11) is 0. The Hall–Kier alpha value is -2.47. The standard InChI is InChI=1S/C18H23N5O/c1-14-3-4-15(2)16(11-14)23-9-7-22(8-10-23)13-18(24)21-17-12-19-5-6-20-17/h3-6,11-12H,7-10,13H2,1-2H3,(H,20,21,24). The Kier molecular flexibility index (Phi) is 5.05. The van der Waals surface area contributed by atoms with Crippen molar-refractivity contribution in [2.45, 2.75) is 13.8 Å². The summed E-state index contributed by atoms with van der Waals surface area (Å²) in [5.74, 6) is 0.451. The summed E-state index contributed by atoms with van der Waals surface area (Å²) in [4.78, 5) is 24.7. The van der Waals surface area contributed by atoms with E-state index in [1.165, 1.54) is 16.8 Å². The highest BCUT2D eigenvalue weighted by molar-refractivity contribution is 5.91. The summed E-state index contributed by atoms with van der Waals surface area (Å²) in [5, 5.41) is 2.78. The van der Waals surface area contributed by atoms with Crippen LogP contribution in [0.2, 0.25) is 0 Å². The molecule has 1 aliphatic heterocycles. The number of hydrogen-bond donors (Lipinski definition) is 1. The van der Waals surface area contributed by atoms with Crippen LogP contribution in [0.25, 0.3) is 0 Å². The molecule has 0 atom stereocenters. The lowest BCUT2D eigenvalue weighted by Gasteiger charge is -2.36. The van der Waals surface area contributed by atoms with Gasteiger partial charge in [-0.25, -0.2) is 4.98 Å². The van der Waals surface area contributed by atoms with Gasteiger partial charge in [-0.05, 0) is 31.0 Å². The molecule has 3 rings (SSSR count). The molecule has 1 aromatic heterocycles. The SMILES string of the molecule is Cc1ccc(C)c(N2CCN(CC(=O)Nc3cnccn3)CC2)c1. The van der Waals surface area contributed by atoms with Gasteiger partial charge in [-0.3, -0.25) is 14.7 Å². The first-order valence-corrected chi connectivity index (χ1v) is 8.22. The molecule has 126 valence electrons. The lowest BCUT2D eigenvalue weighted by molar-refractivity contribution is -0.117. The van der Waals surface area contributed by atoms with Crippen molar-refractivity contribution in [3.63, 3.8) is 0 Å². The van der Waals surface area contributed by atoms with Gasteiger partial charge in [0.2, 0.25) is 5.91 Å². The average Bonchev–Trinajstić information content (AvgIpc) is 2.59. The molecule has 2 heterocycles. The Morgan fingerprint density at radius 2 is 1.96 bits per heavy atom. The molecule has 0 unspecified atom stereocenters. The number of benzene rings is 1. The van der Waals surface area contributed by atoms with E-state index in [-0.39, 0.29) is 5.91 Å². The van der Waals surface area contributed by atoms with Crippen LogP contribution in [0.1, 0.15) is 11.1 Å². The number of anilines is 2. The summed E-state index contributed by atoms with van der Waals surface area (Å²) in [6, 6.07) is 6.56. The fourth-order valence-corrected chi connectivity index (χ4v) is 2.96. The molecule has 1 aromatic carbocycles. The number of aromatic nitrogens is 2. The molecule has 2 aromatic rings. The number of nitrogens with zero attached hydrogens (tertiary/aromatic N) is 4. The molecular formula is C18H23N5O. The highest BCUT2D eigenvalue weighted by atomic mass is 16.2. The van der Waals surface area contributed by atoms with Gasteiger partial charge in [-0.1, -0.05) is 12.1 Å². The minimum Gasteiger partial charge on any atom is -0.369 e. The van der Waals surface area contributed by atoms with E-state index in [2.05, 4.69) is 57.1 Å². The van der Waals surface area contributed by atoms with Crippen molar-refractivity contribution in [2.75, 3.05) is 42.9 Å². The van der Waals surface area contributed by atoms with E-state index in [1.54, 1.807) is 18.6 Å². The monoisotopic (exact) mass is 325 g/mol. The number of rotatable bonds is 4. The summed E-state index contributed by atoms with van der Waals surface area (Å²) >= 11 is 0. The fraction of sp³-hybridized carbons (Fsp3) is 0.389. The third kappa shape index (κ3) is 4.08. The normalized spacial score (nSPS) is 15.3. The van der Waals surface area contributed by atoms with Crippen molar-refractivity contribution in [2.24, 2.45) is 0 Å². The van der Waals surface area contributed by atoms with Gasteiger partial charge in [0.15, 0.2) is 5.82 Å². The van der Waals surface area contributed by atoms with Crippen molar-refractivity contribution in [3.05, 3.63) is 47.9 Å². The quantitative estimate of drug-likeness (QED) is 0.930. The van der Waals surface area contributed by atoms with E-state index in [0.717, 1.165) is 26.2 Å². The van der Waals surface area contributed by atoms with E-state index >= 15 is 0 Å². The number of amides is 1. The minimum atomic E-state index is -0.0457. The first-order chi connectivity index (χ1) is 11.6. The molecule has 1 amide bonds. The second-order valence-corrected chi connectivity index (χ2v) is 6.19. The summed E-state index contributed by atoms with van der Waals surface area (Å²) in [6.45, 7) is 8.27. The zero-order chi connectivity index (χ0) is 16.9. The molecule has 0 spiro atoms. The van der Waals surface area contributed by atoms with Crippen LogP contribution in [-0.4, -0.2) is 53.5 Å². The Morgan fingerprint density at radius 3 is 2.67 bits per heavy atom. The number of carbonyl (C=O) groups is 1. The van der Waals surface area contributed by atoms with E-state index in [9.17, 15) is 4.79 Å². The first-order valence-electron chi connectivity index (χ1n) is 8.22. The average molecular weight is 325 g/mol. The zero-order valence-electron chi connectivity index (χ0n) is 14.2. The van der Waals surface area contributed by atoms with Gasteiger partial charge in [0, 0.05) is 44.3 Å². The van der Waals surface area contributed by atoms with Crippen LogP contribution in [0.15, 0.2) is 36.8 Å². The number of hydrogen-bond acceptors (Lipinski definition) is 5. The Morgan fingerprint density at radius 1 is 1.17 bits per heavy atom. The Bertz CT molecular complexity index is 696. The summed E-state index contributed by atoms with van der Waals surface area (Å²) in [5.41, 5.74) is 3.88. The maximum absolute atomic E-state index is 12.1. The zero-order valence-corrected chi connectivity index (χ0v) is 14.2. The van der Waals surface area contributed by atoms with Crippen LogP contribution in [-0.2, 0) is 4.79 Å². The van der Waals surface area contributed by atoms with Crippen LogP contribution < -0.4 is 10.2 Å². The predicted octanol–water partition coefficient (Wildman–Crippen LogP) is 1.85. The van der Waals surface area contributed by atoms with Crippen molar-refractivity contribution in [1.29, 1.82) is 0 Å². The molecular weight excluding hydrogens is 302 g/mol. The third-order valence-corrected chi connectivity index (χ3v) is 4.28. The van der Waals surface area contributed by atoms with Gasteiger partial charge < -0.3 is 10.2 Å². The summed E-state index contributed by atoms with van der Waals surface area (Å²) < 4.78 is 0. The molecule has 1 N–H and O–H groups in total. The van der Waals surface area contributed by atoms with Gasteiger partial charge in [-0.2, -0.15) is 0 Å². The van der Waals surface area contributed by atoms with Crippen LogP contribution in [0.4, 0.5) is 11.5 Å². The van der Waals surface area contributed by atoms with Gasteiger partial charge in [0.05, 0.1) is 12.7 Å². The molecule has 0 bridgehead atoms. The number of nitrogens with one attached hydrogen (secondary N) is 1. The minimum absolute atomic E-state index is 0.0457. The molecule has 1 fully saturated rings. The van der Waals surface area contributed by atoms with Gasteiger partial charge in [0.25, 0.3) is 0 Å². The Balaban J connectivity index is 1.52. The van der Waals surface area contributed by atoms with Gasteiger partial charge >= 0.3 is 0 Å². The largest absolute Gasteiger partial charge is 0.369 e. The van der Waals surface area contributed by atoms with E-state index in [1.807, 2.05) is 0 Å². The molecule has 1 aliphatic rings. The lowest BCUT2D eigenvalue weighted by Crippen LogP contribution is -2.48. The Labute approximate surface area is 142 Å². The van der Waals surface area contributed by atoms with E-state index in [4.69, 9.17) is 0 Å². The van der Waals surface area contributed by atoms with Crippen LogP contribution in [0.5, 0.6) is 0 Å². The third-order valence-electron chi connectivity index (χ3n) is 4.28. The molecule has 0 saturated carbocycles. The molecule has 1 saturated heterocycles. The maximum atomic E-state index is 12.1. The van der Waals surface area contributed by atoms with Crippen molar-refractivity contribution in [3.8, 4) is 0 Å². The summed E-state index contributed by atoms with van der Waals surface area (Å²) in [6.07, 6.45) is 4.71. The molecule has 0 radical (unpaired) electrons. The molecule has 0 aliphatic carbocycles. The van der Waals surface area contributed by atoms with Gasteiger partial charge in [-0.15, -0.1) is 0 Å². The van der Waals surface area contributed by atoms with Crippen molar-refractivity contribution >= 4 is 17.4 Å². The fourth-order valence-electron chi connectivity index (χ4n) is 2.96. The molecule has 24 heavy (non-hydrogen) atoms. The maximum Gasteiger partial charge on any atom is 0.239 e. The second kappa shape index (κ2) is 7.40. The second-order valence-electron chi connectivity index (χ2n) is 6.19. The first kappa shape index (κ1) is 16.4. The van der Waals surface area contributed by atoms with Crippen LogP contribution >= 0.6 is 0 Å². The van der Waals surface area contributed by atoms with E-state index in [0.29, 0.717) is 12.4 Å². The van der Waals surface area contributed by atoms with E-state index < -0.39 is 0 Å². The van der Waals surface area contributed by atoms with Crippen LogP contribution in [0.3, 0.4) is 0 Å². The number of piperazine rings is 1. The number of carbonyl (C=O) groups excluding carboxylic acids is 1. The predicted molar refractivity (Wildman–Crippen MR) is 95.2 cm³/mol. The lowest BCUT2D eigenvalue weighted by atomic mass is 10.1. The van der Waals surface area contributed by atoms with Crippen molar-refractivity contribution in [1.82, 2.24) is 14.9 Å². The molecule has 6 nitrogen and oxygen atoms in total. The van der Waals surface area contributed by atoms with Crippen LogP contribution in [0, 0.1) is 13.8 Å². The number of aryl methyl sites for hydroxylation is 2. The smallest absolute Gasteiger partial charge is 0.239 e. The van der Waals surface area contributed by atoms with Gasteiger partial charge in [0.1, 0.15) is 0 Å². The highest BCUT2D eigenvalue weighted by Gasteiger charge is 2.20.